The van der Waals surface area contributed by atoms with Gasteiger partial charge >= 0.3 is 6.03 Å². The molecule has 2 amide bonds. The first-order valence-electron chi connectivity index (χ1n) is 11.5. The summed E-state index contributed by atoms with van der Waals surface area (Å²) in [6.45, 7) is 0.327. The summed E-state index contributed by atoms with van der Waals surface area (Å²) in [5, 5.41) is 13.4. The summed E-state index contributed by atoms with van der Waals surface area (Å²) in [4.78, 5) is 24.9. The maximum absolute atomic E-state index is 12.6. The lowest BCUT2D eigenvalue weighted by molar-refractivity contribution is 0.0921. The van der Waals surface area contributed by atoms with E-state index in [1.165, 1.54) is 0 Å². The Kier molecular flexibility index (Phi) is 6.71. The highest BCUT2D eigenvalue weighted by Gasteiger charge is 2.12. The van der Waals surface area contributed by atoms with Crippen molar-refractivity contribution in [3.63, 3.8) is 0 Å². The van der Waals surface area contributed by atoms with Gasteiger partial charge < -0.3 is 10.1 Å². The van der Waals surface area contributed by atoms with Crippen molar-refractivity contribution in [1.82, 2.24) is 15.5 Å². The summed E-state index contributed by atoms with van der Waals surface area (Å²) in [7, 11) is 0. The molecule has 1 heterocycles. The van der Waals surface area contributed by atoms with E-state index < -0.39 is 0 Å². The number of aromatic nitrogens is 2. The summed E-state index contributed by atoms with van der Waals surface area (Å²) in [6.07, 6.45) is 0. The zero-order valence-corrected chi connectivity index (χ0v) is 19.4. The minimum Gasteiger partial charge on any atom is -0.485 e. The van der Waals surface area contributed by atoms with E-state index >= 15 is 0 Å². The number of rotatable bonds is 8. The SMILES string of the molecule is O=C(NCc1ccccc1)Nc1n[nH]c2cc(OCC(=O)c3ccc(-c4ccccc4)cc3)ccc12. The van der Waals surface area contributed by atoms with Crippen molar-refractivity contribution in [3.05, 3.63) is 114 Å². The molecule has 0 aliphatic carbocycles. The minimum absolute atomic E-state index is 0.0860. The molecule has 0 saturated carbocycles. The van der Waals surface area contributed by atoms with Gasteiger partial charge in [-0.05, 0) is 28.8 Å². The minimum atomic E-state index is -0.351. The molecule has 7 heteroatoms. The normalized spacial score (nSPS) is 10.7. The van der Waals surface area contributed by atoms with Crippen LogP contribution in [0.15, 0.2) is 103 Å². The van der Waals surface area contributed by atoms with E-state index in [-0.39, 0.29) is 18.4 Å². The zero-order valence-electron chi connectivity index (χ0n) is 19.4. The largest absolute Gasteiger partial charge is 0.485 e. The number of ether oxygens (including phenoxy) is 1. The molecule has 0 spiro atoms. The van der Waals surface area contributed by atoms with Crippen molar-refractivity contribution in [2.24, 2.45) is 0 Å². The van der Waals surface area contributed by atoms with Crippen LogP contribution in [-0.4, -0.2) is 28.6 Å². The number of nitrogens with one attached hydrogen (secondary N) is 3. The molecule has 0 atom stereocenters. The maximum atomic E-state index is 12.6. The van der Waals surface area contributed by atoms with Crippen LogP contribution < -0.4 is 15.4 Å². The Morgan fingerprint density at radius 3 is 2.25 bits per heavy atom. The average Bonchev–Trinajstić information content (AvgIpc) is 3.33. The highest BCUT2D eigenvalue weighted by molar-refractivity contribution is 5.99. The molecule has 178 valence electrons. The van der Waals surface area contributed by atoms with Gasteiger partial charge in [0, 0.05) is 23.6 Å². The van der Waals surface area contributed by atoms with Gasteiger partial charge in [-0.25, -0.2) is 4.79 Å². The number of aromatic amines is 1. The lowest BCUT2D eigenvalue weighted by Crippen LogP contribution is -2.28. The Balaban J connectivity index is 1.17. The number of carbonyl (C=O) groups is 2. The Morgan fingerprint density at radius 2 is 1.50 bits per heavy atom. The van der Waals surface area contributed by atoms with E-state index in [4.69, 9.17) is 4.74 Å². The van der Waals surface area contributed by atoms with Gasteiger partial charge in [-0.2, -0.15) is 5.10 Å². The van der Waals surface area contributed by atoms with E-state index in [0.29, 0.717) is 29.2 Å². The predicted molar refractivity (Wildman–Crippen MR) is 140 cm³/mol. The summed E-state index contributed by atoms with van der Waals surface area (Å²) < 4.78 is 5.73. The van der Waals surface area contributed by atoms with Gasteiger partial charge in [0.1, 0.15) is 5.75 Å². The molecule has 1 aromatic heterocycles. The van der Waals surface area contributed by atoms with Gasteiger partial charge in [0.05, 0.1) is 5.52 Å². The number of urea groups is 1. The lowest BCUT2D eigenvalue weighted by Gasteiger charge is -2.08. The zero-order chi connectivity index (χ0) is 24.7. The molecular weight excluding hydrogens is 452 g/mol. The molecule has 36 heavy (non-hydrogen) atoms. The number of hydrogen-bond donors (Lipinski definition) is 3. The number of carbonyl (C=O) groups excluding carboxylic acids is 2. The number of benzene rings is 4. The van der Waals surface area contributed by atoms with Crippen molar-refractivity contribution >= 4 is 28.5 Å². The van der Waals surface area contributed by atoms with Crippen LogP contribution >= 0.6 is 0 Å². The topological polar surface area (TPSA) is 96.1 Å². The Hall–Kier alpha value is -4.91. The number of Topliss-reactive ketones (excluding diaryl/α,β-unsaturated/α-hetero) is 1. The molecule has 4 aromatic carbocycles. The summed E-state index contributed by atoms with van der Waals surface area (Å²) in [5.74, 6) is 0.828. The molecular formula is C29H24N4O3. The van der Waals surface area contributed by atoms with Crippen molar-refractivity contribution in [2.45, 2.75) is 6.54 Å². The Labute approximate surface area is 208 Å². The quantitative estimate of drug-likeness (QED) is 0.246. The van der Waals surface area contributed by atoms with Crippen molar-refractivity contribution in [1.29, 1.82) is 0 Å². The Bertz CT molecular complexity index is 1480. The predicted octanol–water partition coefficient (Wildman–Crippen LogP) is 5.81. The number of nitrogens with zero attached hydrogens (tertiary/aromatic N) is 1. The number of fused-ring (bicyclic) bond motifs is 1. The van der Waals surface area contributed by atoms with E-state index in [1.54, 1.807) is 18.2 Å². The van der Waals surface area contributed by atoms with Gasteiger partial charge in [-0.1, -0.05) is 84.9 Å². The van der Waals surface area contributed by atoms with Crippen molar-refractivity contribution in [3.8, 4) is 16.9 Å². The van der Waals surface area contributed by atoms with Gasteiger partial charge in [-0.15, -0.1) is 0 Å². The third-order valence-electron chi connectivity index (χ3n) is 5.75. The number of H-pyrrole nitrogens is 1. The maximum Gasteiger partial charge on any atom is 0.320 e. The summed E-state index contributed by atoms with van der Waals surface area (Å²) in [6, 6.07) is 32.1. The molecule has 7 nitrogen and oxygen atoms in total. The van der Waals surface area contributed by atoms with Crippen LogP contribution in [0, 0.1) is 0 Å². The fourth-order valence-electron chi connectivity index (χ4n) is 3.83. The molecule has 0 aliphatic rings. The third-order valence-corrected chi connectivity index (χ3v) is 5.75. The first-order chi connectivity index (χ1) is 17.7. The molecule has 3 N–H and O–H groups in total. The third kappa shape index (κ3) is 5.42. The van der Waals surface area contributed by atoms with Crippen LogP contribution in [0.3, 0.4) is 0 Å². The van der Waals surface area contributed by atoms with Gasteiger partial charge in [0.2, 0.25) is 0 Å². The molecule has 0 saturated heterocycles. The van der Waals surface area contributed by atoms with Gasteiger partial charge in [0.15, 0.2) is 18.2 Å². The van der Waals surface area contributed by atoms with E-state index in [9.17, 15) is 9.59 Å². The smallest absolute Gasteiger partial charge is 0.320 e. The highest BCUT2D eigenvalue weighted by atomic mass is 16.5. The second-order valence-corrected chi connectivity index (χ2v) is 8.23. The van der Waals surface area contributed by atoms with Crippen LogP contribution in [0.4, 0.5) is 10.6 Å². The second kappa shape index (κ2) is 10.6. The first-order valence-corrected chi connectivity index (χ1v) is 11.5. The fourth-order valence-corrected chi connectivity index (χ4v) is 3.83. The van der Waals surface area contributed by atoms with E-state index in [2.05, 4.69) is 20.8 Å². The molecule has 0 radical (unpaired) electrons. The van der Waals surface area contributed by atoms with Crippen LogP contribution in [0.1, 0.15) is 15.9 Å². The number of hydrogen-bond acceptors (Lipinski definition) is 4. The number of anilines is 1. The molecule has 5 aromatic rings. The van der Waals surface area contributed by atoms with Crippen LogP contribution in [-0.2, 0) is 6.54 Å². The van der Waals surface area contributed by atoms with Crippen LogP contribution in [0.25, 0.3) is 22.0 Å². The van der Waals surface area contributed by atoms with E-state index in [0.717, 1.165) is 22.1 Å². The monoisotopic (exact) mass is 476 g/mol. The average molecular weight is 477 g/mol. The Morgan fingerprint density at radius 1 is 0.806 bits per heavy atom. The molecule has 0 bridgehead atoms. The van der Waals surface area contributed by atoms with Gasteiger partial charge in [-0.3, -0.25) is 15.2 Å². The van der Waals surface area contributed by atoms with Crippen molar-refractivity contribution < 1.29 is 14.3 Å². The molecule has 5 rings (SSSR count). The second-order valence-electron chi connectivity index (χ2n) is 8.23. The molecule has 0 unspecified atom stereocenters. The molecule has 0 aliphatic heterocycles. The van der Waals surface area contributed by atoms with Crippen LogP contribution in [0.2, 0.25) is 0 Å². The number of ketones is 1. The first kappa shape index (κ1) is 22.9. The summed E-state index contributed by atoms with van der Waals surface area (Å²) in [5.41, 5.74) is 4.43. The van der Waals surface area contributed by atoms with Gasteiger partial charge in [0.25, 0.3) is 0 Å². The van der Waals surface area contributed by atoms with Crippen LogP contribution in [0.5, 0.6) is 5.75 Å². The molecule has 0 fully saturated rings. The fraction of sp³-hybridized carbons (Fsp3) is 0.0690. The number of amides is 2. The standard InChI is InChI=1S/C29H24N4O3/c34-27(23-13-11-22(12-14-23)21-9-5-2-6-10-21)19-36-24-15-16-25-26(17-24)32-33-28(25)31-29(35)30-18-20-7-3-1-4-8-20/h1-17H,18-19H2,(H3,30,31,32,33,35). The van der Waals surface area contributed by atoms with E-state index in [1.807, 2.05) is 84.9 Å². The highest BCUT2D eigenvalue weighted by Crippen LogP contribution is 2.25. The summed E-state index contributed by atoms with van der Waals surface area (Å²) >= 11 is 0. The lowest BCUT2D eigenvalue weighted by atomic mass is 10.0. The van der Waals surface area contributed by atoms with Crippen molar-refractivity contribution in [2.75, 3.05) is 11.9 Å².